The molecule has 0 bridgehead atoms. The fraction of sp³-hybridized carbons (Fsp3) is 0.579. The Morgan fingerprint density at radius 2 is 2.04 bits per heavy atom. The lowest BCUT2D eigenvalue weighted by Gasteiger charge is -2.20. The average molecular weight is 380 g/mol. The number of nitrogens with one attached hydrogen (secondary N) is 2. The Morgan fingerprint density at radius 1 is 1.31 bits per heavy atom. The van der Waals surface area contributed by atoms with Gasteiger partial charge in [0.25, 0.3) is 5.91 Å². The smallest absolute Gasteiger partial charge is 0.258 e. The van der Waals surface area contributed by atoms with Crippen molar-refractivity contribution < 1.29 is 14.3 Å². The first-order chi connectivity index (χ1) is 12.6. The molecule has 7 heteroatoms. The van der Waals surface area contributed by atoms with E-state index in [1.165, 1.54) is 12.8 Å². The van der Waals surface area contributed by atoms with Gasteiger partial charge in [0.05, 0.1) is 0 Å². The van der Waals surface area contributed by atoms with Crippen molar-refractivity contribution >= 4 is 23.6 Å². The maximum absolute atomic E-state index is 12.4. The highest BCUT2D eigenvalue weighted by Crippen LogP contribution is 2.24. The summed E-state index contributed by atoms with van der Waals surface area (Å²) in [5.41, 5.74) is 0. The van der Waals surface area contributed by atoms with Crippen LogP contribution >= 0.6 is 11.8 Å². The fourth-order valence-corrected chi connectivity index (χ4v) is 3.05. The van der Waals surface area contributed by atoms with E-state index in [4.69, 9.17) is 4.74 Å². The molecule has 1 atom stereocenters. The first-order valence-electron chi connectivity index (χ1n) is 9.04. The average Bonchev–Trinajstić information content (AvgIpc) is 3.49. The van der Waals surface area contributed by atoms with Crippen LogP contribution in [0.1, 0.15) is 19.3 Å². The summed E-state index contributed by atoms with van der Waals surface area (Å²) < 4.78 is 5.44. The highest BCUT2D eigenvalue weighted by atomic mass is 32.2. The van der Waals surface area contributed by atoms with Gasteiger partial charge in [-0.1, -0.05) is 18.2 Å². The van der Waals surface area contributed by atoms with E-state index in [-0.39, 0.29) is 18.4 Å². The monoisotopic (exact) mass is 379 g/mol. The lowest BCUT2D eigenvalue weighted by atomic mass is 10.2. The van der Waals surface area contributed by atoms with E-state index in [1.54, 1.807) is 23.9 Å². The number of likely N-dealkylation sites (N-methyl/N-ethyl adjacent to an activating group) is 1. The minimum Gasteiger partial charge on any atom is -0.484 e. The van der Waals surface area contributed by atoms with Crippen LogP contribution < -0.4 is 15.4 Å². The van der Waals surface area contributed by atoms with E-state index in [2.05, 4.69) is 22.6 Å². The third-order valence-electron chi connectivity index (χ3n) is 4.31. The van der Waals surface area contributed by atoms with Gasteiger partial charge in [0, 0.05) is 19.1 Å². The van der Waals surface area contributed by atoms with Crippen LogP contribution in [0.15, 0.2) is 30.3 Å². The maximum atomic E-state index is 12.4. The topological polar surface area (TPSA) is 70.7 Å². The van der Waals surface area contributed by atoms with Crippen molar-refractivity contribution in [3.63, 3.8) is 0 Å². The number of benzene rings is 1. The molecule has 0 saturated heterocycles. The van der Waals surface area contributed by atoms with Crippen LogP contribution in [0.2, 0.25) is 0 Å². The molecule has 1 fully saturated rings. The molecule has 0 heterocycles. The van der Waals surface area contributed by atoms with Gasteiger partial charge in [-0.05, 0) is 50.5 Å². The highest BCUT2D eigenvalue weighted by molar-refractivity contribution is 7.98. The van der Waals surface area contributed by atoms with Crippen LogP contribution in [0, 0.1) is 0 Å². The number of hydrogen-bond acceptors (Lipinski definition) is 5. The predicted octanol–water partition coefficient (Wildman–Crippen LogP) is 1.51. The first-order valence-corrected chi connectivity index (χ1v) is 10.4. The van der Waals surface area contributed by atoms with Crippen molar-refractivity contribution in [2.75, 3.05) is 38.8 Å². The van der Waals surface area contributed by atoms with Gasteiger partial charge < -0.3 is 20.3 Å². The SMILES string of the molecule is CSCCC(NC(=O)COc1ccccc1)C(=O)NCCN(C)C1CC1. The molecule has 1 aliphatic rings. The largest absolute Gasteiger partial charge is 0.484 e. The molecule has 1 aliphatic carbocycles. The molecule has 1 unspecified atom stereocenters. The molecular weight excluding hydrogens is 350 g/mol. The number of carbonyl (C=O) groups is 2. The zero-order valence-corrected chi connectivity index (χ0v) is 16.4. The van der Waals surface area contributed by atoms with Gasteiger partial charge in [-0.15, -0.1) is 0 Å². The van der Waals surface area contributed by atoms with Gasteiger partial charge in [-0.2, -0.15) is 11.8 Å². The number of nitrogens with zero attached hydrogens (tertiary/aromatic N) is 1. The van der Waals surface area contributed by atoms with Crippen LogP contribution in [0.5, 0.6) is 5.75 Å². The summed E-state index contributed by atoms with van der Waals surface area (Å²) in [6, 6.07) is 9.32. The quantitative estimate of drug-likeness (QED) is 0.576. The molecule has 26 heavy (non-hydrogen) atoms. The first kappa shape index (κ1) is 20.6. The third kappa shape index (κ3) is 7.66. The zero-order chi connectivity index (χ0) is 18.8. The number of ether oxygens (including phenoxy) is 1. The Labute approximate surface area is 160 Å². The van der Waals surface area contributed by atoms with E-state index in [0.717, 1.165) is 12.3 Å². The molecule has 1 saturated carbocycles. The number of para-hydroxylation sites is 1. The molecule has 0 aliphatic heterocycles. The highest BCUT2D eigenvalue weighted by Gasteiger charge is 2.26. The van der Waals surface area contributed by atoms with Gasteiger partial charge in [0.2, 0.25) is 5.91 Å². The molecule has 0 aromatic heterocycles. The van der Waals surface area contributed by atoms with Gasteiger partial charge in [0.1, 0.15) is 11.8 Å². The lowest BCUT2D eigenvalue weighted by Crippen LogP contribution is -2.49. The number of carbonyl (C=O) groups excluding carboxylic acids is 2. The molecule has 0 spiro atoms. The second-order valence-electron chi connectivity index (χ2n) is 6.51. The Bertz CT molecular complexity index is 566. The minimum absolute atomic E-state index is 0.0997. The minimum atomic E-state index is -0.527. The maximum Gasteiger partial charge on any atom is 0.258 e. The third-order valence-corrected chi connectivity index (χ3v) is 4.95. The lowest BCUT2D eigenvalue weighted by molar-refractivity contribution is -0.130. The van der Waals surface area contributed by atoms with Gasteiger partial charge in [0.15, 0.2) is 6.61 Å². The summed E-state index contributed by atoms with van der Waals surface area (Å²) in [7, 11) is 2.08. The van der Waals surface area contributed by atoms with Crippen LogP contribution in [-0.2, 0) is 9.59 Å². The van der Waals surface area contributed by atoms with Crippen molar-refractivity contribution in [3.05, 3.63) is 30.3 Å². The molecule has 2 amide bonds. The summed E-state index contributed by atoms with van der Waals surface area (Å²) in [5.74, 6) is 1.03. The fourth-order valence-electron chi connectivity index (χ4n) is 2.58. The molecule has 6 nitrogen and oxygen atoms in total. The molecular formula is C19H29N3O3S. The van der Waals surface area contributed by atoms with E-state index < -0.39 is 6.04 Å². The van der Waals surface area contributed by atoms with Crippen LogP contribution in [-0.4, -0.2) is 67.6 Å². The van der Waals surface area contributed by atoms with Crippen molar-refractivity contribution in [3.8, 4) is 5.75 Å². The van der Waals surface area contributed by atoms with Crippen molar-refractivity contribution in [2.24, 2.45) is 0 Å². The summed E-state index contributed by atoms with van der Waals surface area (Å²) in [4.78, 5) is 26.8. The van der Waals surface area contributed by atoms with Crippen LogP contribution in [0.25, 0.3) is 0 Å². The van der Waals surface area contributed by atoms with Gasteiger partial charge in [-0.3, -0.25) is 9.59 Å². The summed E-state index contributed by atoms with van der Waals surface area (Å²) in [6.07, 6.45) is 5.08. The molecule has 2 rings (SSSR count). The van der Waals surface area contributed by atoms with E-state index in [0.29, 0.717) is 24.8 Å². The van der Waals surface area contributed by atoms with E-state index >= 15 is 0 Å². The zero-order valence-electron chi connectivity index (χ0n) is 15.6. The molecule has 1 aromatic rings. The Hall–Kier alpha value is -1.73. The molecule has 0 radical (unpaired) electrons. The van der Waals surface area contributed by atoms with Crippen molar-refractivity contribution in [1.29, 1.82) is 0 Å². The van der Waals surface area contributed by atoms with Crippen molar-refractivity contribution in [2.45, 2.75) is 31.3 Å². The van der Waals surface area contributed by atoms with Crippen LogP contribution in [0.4, 0.5) is 0 Å². The number of thioether (sulfide) groups is 1. The summed E-state index contributed by atoms with van der Waals surface area (Å²) >= 11 is 1.65. The molecule has 144 valence electrons. The van der Waals surface area contributed by atoms with Crippen LogP contribution in [0.3, 0.4) is 0 Å². The second kappa shape index (κ2) is 11.1. The Kier molecular flexibility index (Phi) is 8.77. The standard InChI is InChI=1S/C19H29N3O3S/c1-22(15-8-9-15)12-11-20-19(24)17(10-13-26-2)21-18(23)14-25-16-6-4-3-5-7-16/h3-7,15,17H,8-14H2,1-2H3,(H,20,24)(H,21,23). The predicted molar refractivity (Wildman–Crippen MR) is 106 cm³/mol. The van der Waals surface area contributed by atoms with E-state index in [1.807, 2.05) is 24.5 Å². The second-order valence-corrected chi connectivity index (χ2v) is 7.49. The normalized spacial score (nSPS) is 14.7. The summed E-state index contributed by atoms with van der Waals surface area (Å²) in [6.45, 7) is 1.33. The number of rotatable bonds is 12. The number of amides is 2. The molecule has 2 N–H and O–H groups in total. The Morgan fingerprint density at radius 3 is 2.69 bits per heavy atom. The van der Waals surface area contributed by atoms with Crippen molar-refractivity contribution in [1.82, 2.24) is 15.5 Å². The summed E-state index contributed by atoms with van der Waals surface area (Å²) in [5, 5.41) is 5.73. The van der Waals surface area contributed by atoms with Gasteiger partial charge in [-0.25, -0.2) is 0 Å². The number of hydrogen-bond donors (Lipinski definition) is 2. The van der Waals surface area contributed by atoms with E-state index in [9.17, 15) is 9.59 Å². The van der Waals surface area contributed by atoms with Gasteiger partial charge >= 0.3 is 0 Å². The Balaban J connectivity index is 1.74. The molecule has 1 aromatic carbocycles.